The van der Waals surface area contributed by atoms with Gasteiger partial charge in [0.1, 0.15) is 0 Å². The van der Waals surface area contributed by atoms with E-state index in [1.807, 2.05) is 13.0 Å². The van der Waals surface area contributed by atoms with Crippen LogP contribution in [0.3, 0.4) is 0 Å². The predicted octanol–water partition coefficient (Wildman–Crippen LogP) is 2.32. The number of hydrogen-bond donors (Lipinski definition) is 1. The molecule has 1 N–H and O–H groups in total. The molecule has 2 nitrogen and oxygen atoms in total. The minimum absolute atomic E-state index is 0.214. The summed E-state index contributed by atoms with van der Waals surface area (Å²) in [6, 6.07) is 11.0. The molecule has 0 spiro atoms. The summed E-state index contributed by atoms with van der Waals surface area (Å²) in [5.41, 5.74) is 1.37. The van der Waals surface area contributed by atoms with E-state index in [2.05, 4.69) is 43.1 Å². The highest BCUT2D eigenvalue weighted by atomic mass is 16.3. The molecule has 16 heavy (non-hydrogen) atoms. The van der Waals surface area contributed by atoms with Crippen molar-refractivity contribution in [2.24, 2.45) is 0 Å². The number of aliphatic hydroxyl groups excluding tert-OH is 1. The van der Waals surface area contributed by atoms with Crippen LogP contribution in [0.15, 0.2) is 30.3 Å². The van der Waals surface area contributed by atoms with E-state index >= 15 is 0 Å². The summed E-state index contributed by atoms with van der Waals surface area (Å²) < 4.78 is 0. The molecular weight excluding hydrogens is 198 g/mol. The molecule has 90 valence electrons. The topological polar surface area (TPSA) is 23.5 Å². The molecule has 0 heterocycles. The summed E-state index contributed by atoms with van der Waals surface area (Å²) in [5.74, 6) is 0. The summed E-state index contributed by atoms with van der Waals surface area (Å²) in [5, 5.41) is 9.33. The third kappa shape index (κ3) is 4.77. The zero-order chi connectivity index (χ0) is 12.0. The van der Waals surface area contributed by atoms with E-state index in [4.69, 9.17) is 0 Å². The van der Waals surface area contributed by atoms with E-state index in [1.165, 1.54) is 5.56 Å². The lowest BCUT2D eigenvalue weighted by molar-refractivity contribution is 0.134. The Labute approximate surface area is 98.9 Å². The fourth-order valence-corrected chi connectivity index (χ4v) is 1.84. The van der Waals surface area contributed by atoms with Crippen LogP contribution in [0.4, 0.5) is 0 Å². The molecular formula is C14H23NO. The zero-order valence-corrected chi connectivity index (χ0v) is 10.6. The van der Waals surface area contributed by atoms with Gasteiger partial charge in [0.15, 0.2) is 0 Å². The Balaban J connectivity index is 2.32. The van der Waals surface area contributed by atoms with Crippen molar-refractivity contribution in [3.8, 4) is 0 Å². The Kier molecular flexibility index (Phi) is 5.50. The van der Waals surface area contributed by atoms with Crippen molar-refractivity contribution < 1.29 is 5.11 Å². The number of rotatable bonds is 6. The van der Waals surface area contributed by atoms with Crippen LogP contribution in [0.2, 0.25) is 0 Å². The van der Waals surface area contributed by atoms with Gasteiger partial charge in [-0.05, 0) is 39.3 Å². The molecule has 0 saturated carbocycles. The first-order chi connectivity index (χ1) is 7.59. The lowest BCUT2D eigenvalue weighted by Crippen LogP contribution is -2.33. The monoisotopic (exact) mass is 221 g/mol. The maximum absolute atomic E-state index is 9.33. The normalized spacial score (nSPS) is 15.1. The molecule has 0 aliphatic heterocycles. The molecule has 0 radical (unpaired) electrons. The Morgan fingerprint density at radius 2 is 1.81 bits per heavy atom. The Hall–Kier alpha value is -0.860. The standard InChI is InChI=1S/C14H23NO/c1-12(11-13(2)16)15(3)10-9-14-7-5-4-6-8-14/h4-8,12-13,16H,9-11H2,1-3H3. The van der Waals surface area contributed by atoms with Gasteiger partial charge in [0.05, 0.1) is 6.10 Å². The molecule has 1 aromatic rings. The lowest BCUT2D eigenvalue weighted by atomic mass is 10.1. The first-order valence-corrected chi connectivity index (χ1v) is 6.02. The molecule has 1 rings (SSSR count). The van der Waals surface area contributed by atoms with Crippen LogP contribution in [0.1, 0.15) is 25.8 Å². The number of aliphatic hydroxyl groups is 1. The van der Waals surface area contributed by atoms with Gasteiger partial charge in [-0.25, -0.2) is 0 Å². The van der Waals surface area contributed by atoms with Crippen molar-refractivity contribution in [1.82, 2.24) is 4.90 Å². The van der Waals surface area contributed by atoms with Crippen molar-refractivity contribution in [3.63, 3.8) is 0 Å². The van der Waals surface area contributed by atoms with E-state index in [1.54, 1.807) is 0 Å². The second kappa shape index (κ2) is 6.66. The molecule has 0 amide bonds. The van der Waals surface area contributed by atoms with Crippen LogP contribution in [-0.4, -0.2) is 35.7 Å². The third-order valence-corrected chi connectivity index (χ3v) is 3.03. The van der Waals surface area contributed by atoms with Crippen molar-refractivity contribution in [2.45, 2.75) is 38.8 Å². The predicted molar refractivity (Wildman–Crippen MR) is 68.5 cm³/mol. The minimum atomic E-state index is -0.214. The van der Waals surface area contributed by atoms with Gasteiger partial charge in [-0.1, -0.05) is 30.3 Å². The van der Waals surface area contributed by atoms with Crippen LogP contribution in [0.25, 0.3) is 0 Å². The summed E-state index contributed by atoms with van der Waals surface area (Å²) in [6.07, 6.45) is 1.70. The average molecular weight is 221 g/mol. The molecule has 2 unspecified atom stereocenters. The first-order valence-electron chi connectivity index (χ1n) is 6.02. The molecule has 0 aromatic heterocycles. The average Bonchev–Trinajstić information content (AvgIpc) is 2.26. The van der Waals surface area contributed by atoms with Gasteiger partial charge < -0.3 is 10.0 Å². The summed E-state index contributed by atoms with van der Waals surface area (Å²) in [4.78, 5) is 2.31. The van der Waals surface area contributed by atoms with Crippen LogP contribution >= 0.6 is 0 Å². The van der Waals surface area contributed by atoms with E-state index < -0.39 is 0 Å². The van der Waals surface area contributed by atoms with Crippen LogP contribution in [0, 0.1) is 0 Å². The lowest BCUT2D eigenvalue weighted by Gasteiger charge is -2.25. The van der Waals surface area contributed by atoms with Gasteiger partial charge in [0.25, 0.3) is 0 Å². The van der Waals surface area contributed by atoms with Crippen molar-refractivity contribution in [3.05, 3.63) is 35.9 Å². The van der Waals surface area contributed by atoms with Gasteiger partial charge in [0.2, 0.25) is 0 Å². The molecule has 0 fully saturated rings. The quantitative estimate of drug-likeness (QED) is 0.797. The largest absolute Gasteiger partial charge is 0.393 e. The summed E-state index contributed by atoms with van der Waals surface area (Å²) >= 11 is 0. The molecule has 0 bridgehead atoms. The highest BCUT2D eigenvalue weighted by Gasteiger charge is 2.11. The Bertz CT molecular complexity index is 284. The molecule has 1 aromatic carbocycles. The molecule has 2 atom stereocenters. The van der Waals surface area contributed by atoms with Crippen molar-refractivity contribution in [1.29, 1.82) is 0 Å². The van der Waals surface area contributed by atoms with Crippen LogP contribution in [0.5, 0.6) is 0 Å². The minimum Gasteiger partial charge on any atom is -0.393 e. The van der Waals surface area contributed by atoms with E-state index in [0.29, 0.717) is 6.04 Å². The van der Waals surface area contributed by atoms with Crippen LogP contribution < -0.4 is 0 Å². The molecule has 2 heteroatoms. The first kappa shape index (κ1) is 13.2. The molecule has 0 saturated heterocycles. The van der Waals surface area contributed by atoms with Gasteiger partial charge in [0, 0.05) is 12.6 Å². The SMILES string of the molecule is CC(O)CC(C)N(C)CCc1ccccc1. The van der Waals surface area contributed by atoms with Gasteiger partial charge in [-0.3, -0.25) is 0 Å². The summed E-state index contributed by atoms with van der Waals surface area (Å²) in [6.45, 7) is 5.05. The number of hydrogen-bond acceptors (Lipinski definition) is 2. The van der Waals surface area contributed by atoms with Crippen molar-refractivity contribution >= 4 is 0 Å². The van der Waals surface area contributed by atoms with E-state index in [9.17, 15) is 5.11 Å². The third-order valence-electron chi connectivity index (χ3n) is 3.03. The number of nitrogens with zero attached hydrogens (tertiary/aromatic N) is 1. The highest BCUT2D eigenvalue weighted by Crippen LogP contribution is 2.07. The second-order valence-electron chi connectivity index (χ2n) is 4.65. The maximum atomic E-state index is 9.33. The van der Waals surface area contributed by atoms with Crippen molar-refractivity contribution in [2.75, 3.05) is 13.6 Å². The smallest absolute Gasteiger partial charge is 0.0526 e. The van der Waals surface area contributed by atoms with Crippen LogP contribution in [-0.2, 0) is 6.42 Å². The van der Waals surface area contributed by atoms with Gasteiger partial charge in [-0.15, -0.1) is 0 Å². The number of benzene rings is 1. The maximum Gasteiger partial charge on any atom is 0.0526 e. The highest BCUT2D eigenvalue weighted by molar-refractivity contribution is 5.14. The zero-order valence-electron chi connectivity index (χ0n) is 10.6. The van der Waals surface area contributed by atoms with E-state index in [0.717, 1.165) is 19.4 Å². The number of likely N-dealkylation sites (N-methyl/N-ethyl adjacent to an activating group) is 1. The Morgan fingerprint density at radius 3 is 2.38 bits per heavy atom. The van der Waals surface area contributed by atoms with E-state index in [-0.39, 0.29) is 6.10 Å². The van der Waals surface area contributed by atoms with Gasteiger partial charge in [-0.2, -0.15) is 0 Å². The van der Waals surface area contributed by atoms with Gasteiger partial charge >= 0.3 is 0 Å². The summed E-state index contributed by atoms with van der Waals surface area (Å²) in [7, 11) is 2.12. The molecule has 0 aliphatic carbocycles. The molecule has 0 aliphatic rings. The fourth-order valence-electron chi connectivity index (χ4n) is 1.84. The fraction of sp³-hybridized carbons (Fsp3) is 0.571. The second-order valence-corrected chi connectivity index (χ2v) is 4.65. The Morgan fingerprint density at radius 1 is 1.19 bits per heavy atom.